The molecule has 0 N–H and O–H groups in total. The predicted molar refractivity (Wildman–Crippen MR) is 113 cm³/mol. The van der Waals surface area contributed by atoms with Gasteiger partial charge >= 0.3 is 0 Å². The van der Waals surface area contributed by atoms with Crippen LogP contribution in [0, 0.1) is 6.92 Å². The van der Waals surface area contributed by atoms with E-state index in [1.165, 1.54) is 11.8 Å². The normalized spacial score (nSPS) is 10.8. The zero-order valence-electron chi connectivity index (χ0n) is 17.4. The van der Waals surface area contributed by atoms with Crippen LogP contribution < -0.4 is 14.2 Å². The van der Waals surface area contributed by atoms with E-state index in [2.05, 4.69) is 25.7 Å². The number of ether oxygens (including phenoxy) is 3. The molecule has 4 rings (SSSR count). The number of aromatic nitrogens is 6. The molecule has 0 amide bonds. The summed E-state index contributed by atoms with van der Waals surface area (Å²) in [6.45, 7) is 2.02. The summed E-state index contributed by atoms with van der Waals surface area (Å²) in [6, 6.07) is 11.4. The van der Waals surface area contributed by atoms with Gasteiger partial charge in [-0.05, 0) is 47.2 Å². The fraction of sp³-hybridized carbons (Fsp3) is 0.250. The molecule has 31 heavy (non-hydrogen) atoms. The van der Waals surface area contributed by atoms with Crippen LogP contribution in [-0.4, -0.2) is 51.7 Å². The lowest BCUT2D eigenvalue weighted by molar-refractivity contribution is 0.324. The Morgan fingerprint density at radius 3 is 2.42 bits per heavy atom. The third-order valence-electron chi connectivity index (χ3n) is 4.39. The molecule has 0 atom stereocenters. The Kier molecular flexibility index (Phi) is 6.03. The fourth-order valence-electron chi connectivity index (χ4n) is 2.95. The molecule has 160 valence electrons. The summed E-state index contributed by atoms with van der Waals surface area (Å²) >= 11 is 1.40. The lowest BCUT2D eigenvalue weighted by Crippen LogP contribution is -1.99. The monoisotopic (exact) mass is 440 g/mol. The van der Waals surface area contributed by atoms with Gasteiger partial charge in [0.05, 0.1) is 32.8 Å². The van der Waals surface area contributed by atoms with Crippen LogP contribution in [0.1, 0.15) is 11.5 Å². The summed E-state index contributed by atoms with van der Waals surface area (Å²) in [5, 5.41) is 20.9. The first-order valence-electron chi connectivity index (χ1n) is 9.24. The van der Waals surface area contributed by atoms with E-state index in [4.69, 9.17) is 18.6 Å². The number of nitrogens with zero attached hydrogens (tertiary/aromatic N) is 6. The lowest BCUT2D eigenvalue weighted by Gasteiger charge is -2.12. The standard InChI is InChI=1S/C20H20N6O4S/c1-12-6-5-7-14(8-12)26-20(23-24-25-26)31-11-17-21-22-19(30-17)13-9-15(27-2)18(29-4)16(10-13)28-3/h5-10H,11H2,1-4H3. The SMILES string of the molecule is COc1cc(-c2nnc(CSc3nnnn3-c3cccc(C)c3)o2)cc(OC)c1OC. The zero-order chi connectivity index (χ0) is 21.8. The Bertz CT molecular complexity index is 1170. The van der Waals surface area contributed by atoms with Crippen LogP contribution in [0.25, 0.3) is 17.1 Å². The number of hydrogen-bond acceptors (Lipinski definition) is 10. The molecule has 0 radical (unpaired) electrons. The Hall–Kier alpha value is -3.60. The van der Waals surface area contributed by atoms with Crippen molar-refractivity contribution in [2.45, 2.75) is 17.8 Å². The second-order valence-electron chi connectivity index (χ2n) is 6.42. The van der Waals surface area contributed by atoms with Gasteiger partial charge in [0, 0.05) is 5.56 Å². The molecular formula is C20H20N6O4S. The van der Waals surface area contributed by atoms with Crippen molar-refractivity contribution in [2.75, 3.05) is 21.3 Å². The number of methoxy groups -OCH3 is 3. The van der Waals surface area contributed by atoms with Crippen molar-refractivity contribution in [3.05, 3.63) is 47.9 Å². The molecule has 0 spiro atoms. The minimum absolute atomic E-state index is 0.341. The van der Waals surface area contributed by atoms with Gasteiger partial charge in [-0.15, -0.1) is 15.3 Å². The largest absolute Gasteiger partial charge is 0.493 e. The Morgan fingerprint density at radius 1 is 0.968 bits per heavy atom. The van der Waals surface area contributed by atoms with Gasteiger partial charge < -0.3 is 18.6 Å². The highest BCUT2D eigenvalue weighted by Gasteiger charge is 2.18. The van der Waals surface area contributed by atoms with Gasteiger partial charge in [0.2, 0.25) is 22.7 Å². The summed E-state index contributed by atoms with van der Waals surface area (Å²) in [7, 11) is 4.65. The highest BCUT2D eigenvalue weighted by Crippen LogP contribution is 2.41. The van der Waals surface area contributed by atoms with Gasteiger partial charge in [0.25, 0.3) is 0 Å². The highest BCUT2D eigenvalue weighted by atomic mass is 32.2. The van der Waals surface area contributed by atoms with Crippen molar-refractivity contribution < 1.29 is 18.6 Å². The summed E-state index contributed by atoms with van der Waals surface area (Å²) in [5.74, 6) is 2.68. The van der Waals surface area contributed by atoms with Crippen molar-refractivity contribution in [1.29, 1.82) is 0 Å². The minimum atomic E-state index is 0.341. The van der Waals surface area contributed by atoms with E-state index in [1.807, 2.05) is 31.2 Å². The Labute approximate surface area is 182 Å². The van der Waals surface area contributed by atoms with E-state index in [0.29, 0.717) is 45.5 Å². The van der Waals surface area contributed by atoms with Crippen molar-refractivity contribution in [3.63, 3.8) is 0 Å². The van der Waals surface area contributed by atoms with Crippen LogP contribution in [0.3, 0.4) is 0 Å². The van der Waals surface area contributed by atoms with Gasteiger partial charge in [-0.2, -0.15) is 4.68 Å². The number of thioether (sulfide) groups is 1. The Balaban J connectivity index is 1.53. The summed E-state index contributed by atoms with van der Waals surface area (Å²) in [4.78, 5) is 0. The zero-order valence-corrected chi connectivity index (χ0v) is 18.2. The average Bonchev–Trinajstić information content (AvgIpc) is 3.46. The Morgan fingerprint density at radius 2 is 1.74 bits per heavy atom. The fourth-order valence-corrected chi connectivity index (χ4v) is 3.68. The molecule has 0 aliphatic carbocycles. The number of hydrogen-bond donors (Lipinski definition) is 0. The molecule has 0 aliphatic heterocycles. The maximum atomic E-state index is 5.83. The van der Waals surface area contributed by atoms with Gasteiger partial charge in [0.15, 0.2) is 11.5 Å². The van der Waals surface area contributed by atoms with Crippen LogP contribution in [0.15, 0.2) is 46.0 Å². The first-order chi connectivity index (χ1) is 15.1. The summed E-state index contributed by atoms with van der Waals surface area (Å²) < 4.78 is 23.6. The van der Waals surface area contributed by atoms with Crippen LogP contribution in [0.4, 0.5) is 0 Å². The van der Waals surface area contributed by atoms with Crippen molar-refractivity contribution >= 4 is 11.8 Å². The van der Waals surface area contributed by atoms with Crippen molar-refractivity contribution in [3.8, 4) is 34.4 Å². The van der Waals surface area contributed by atoms with E-state index < -0.39 is 0 Å². The number of tetrazole rings is 1. The van der Waals surface area contributed by atoms with Crippen LogP contribution in [-0.2, 0) is 5.75 Å². The topological polar surface area (TPSA) is 110 Å². The molecule has 11 heteroatoms. The molecule has 0 bridgehead atoms. The molecule has 2 aromatic heterocycles. The second kappa shape index (κ2) is 9.04. The molecule has 0 aliphatic rings. The second-order valence-corrected chi connectivity index (χ2v) is 7.36. The summed E-state index contributed by atoms with van der Waals surface area (Å²) in [5.41, 5.74) is 2.66. The van der Waals surface area contributed by atoms with E-state index in [-0.39, 0.29) is 0 Å². The van der Waals surface area contributed by atoms with Gasteiger partial charge in [0.1, 0.15) is 0 Å². The molecule has 2 heterocycles. The number of aryl methyl sites for hydroxylation is 1. The average molecular weight is 440 g/mol. The third-order valence-corrected chi connectivity index (χ3v) is 5.29. The maximum Gasteiger partial charge on any atom is 0.248 e. The number of rotatable bonds is 8. The minimum Gasteiger partial charge on any atom is -0.493 e. The van der Waals surface area contributed by atoms with Crippen molar-refractivity contribution in [1.82, 2.24) is 30.4 Å². The van der Waals surface area contributed by atoms with E-state index in [0.717, 1.165) is 11.3 Å². The quantitative estimate of drug-likeness (QED) is 0.378. The van der Waals surface area contributed by atoms with Gasteiger partial charge in [-0.3, -0.25) is 0 Å². The van der Waals surface area contributed by atoms with Crippen molar-refractivity contribution in [2.24, 2.45) is 0 Å². The highest BCUT2D eigenvalue weighted by molar-refractivity contribution is 7.98. The first-order valence-corrected chi connectivity index (χ1v) is 10.2. The smallest absolute Gasteiger partial charge is 0.248 e. The molecule has 2 aromatic carbocycles. The van der Waals surface area contributed by atoms with Gasteiger partial charge in [-0.1, -0.05) is 23.9 Å². The molecular weight excluding hydrogens is 420 g/mol. The van der Waals surface area contributed by atoms with Gasteiger partial charge in [-0.25, -0.2) is 0 Å². The molecule has 4 aromatic rings. The number of benzene rings is 2. The molecule has 10 nitrogen and oxygen atoms in total. The van der Waals surface area contributed by atoms with E-state index in [1.54, 1.807) is 38.1 Å². The lowest BCUT2D eigenvalue weighted by atomic mass is 10.2. The molecule has 0 fully saturated rings. The first kappa shape index (κ1) is 20.7. The molecule has 0 saturated heterocycles. The van der Waals surface area contributed by atoms with Crippen LogP contribution in [0.2, 0.25) is 0 Å². The molecule has 0 saturated carbocycles. The van der Waals surface area contributed by atoms with E-state index >= 15 is 0 Å². The van der Waals surface area contributed by atoms with Crippen LogP contribution >= 0.6 is 11.8 Å². The predicted octanol–water partition coefficient (Wildman–Crippen LogP) is 3.34. The molecule has 0 unspecified atom stereocenters. The maximum absolute atomic E-state index is 5.83. The summed E-state index contributed by atoms with van der Waals surface area (Å²) in [6.07, 6.45) is 0. The third kappa shape index (κ3) is 4.31. The van der Waals surface area contributed by atoms with Crippen LogP contribution in [0.5, 0.6) is 17.2 Å². The van der Waals surface area contributed by atoms with E-state index in [9.17, 15) is 0 Å².